The Hall–Kier alpha value is -1.22. The van der Waals surface area contributed by atoms with E-state index in [0.29, 0.717) is 18.0 Å². The number of rotatable bonds is 5. The van der Waals surface area contributed by atoms with E-state index in [2.05, 4.69) is 5.32 Å². The summed E-state index contributed by atoms with van der Waals surface area (Å²) in [6.45, 7) is 0.579. The summed E-state index contributed by atoms with van der Waals surface area (Å²) in [5.74, 6) is -0.357. The first kappa shape index (κ1) is 17.6. The molecule has 0 spiro atoms. The number of fused-ring (bicyclic) bond motifs is 1. The molecule has 0 saturated carbocycles. The largest absolute Gasteiger partial charge is 0.356 e. The van der Waals surface area contributed by atoms with Gasteiger partial charge in [0.15, 0.2) is 0 Å². The normalized spacial score (nSPS) is 19.3. The van der Waals surface area contributed by atoms with E-state index in [9.17, 15) is 4.79 Å². The molecule has 0 fully saturated rings. The fraction of sp³-hybridized carbons (Fsp3) is 0.316. The van der Waals surface area contributed by atoms with Crippen LogP contribution >= 0.6 is 34.8 Å². The topological polar surface area (TPSA) is 29.1 Å². The molecule has 0 aliphatic heterocycles. The average Bonchev–Trinajstić information content (AvgIpc) is 2.96. The Labute approximate surface area is 157 Å². The van der Waals surface area contributed by atoms with Crippen LogP contribution in [0, 0.1) is 5.92 Å². The summed E-state index contributed by atoms with van der Waals surface area (Å²) in [4.78, 5) is 12.0. The Morgan fingerprint density at radius 3 is 2.54 bits per heavy atom. The van der Waals surface area contributed by atoms with Crippen molar-refractivity contribution in [3.05, 3.63) is 70.2 Å². The third-order valence-corrected chi connectivity index (χ3v) is 5.32. The maximum absolute atomic E-state index is 12.6. The Morgan fingerprint density at radius 1 is 1.12 bits per heavy atom. The van der Waals surface area contributed by atoms with Gasteiger partial charge in [-0.3, -0.25) is 4.79 Å². The number of benzene rings is 2. The molecule has 5 heteroatoms. The zero-order valence-electron chi connectivity index (χ0n) is 13.0. The SMILES string of the molecule is O=C(NCCc1ccc(Cl)cc1)[C@H]1Cc2ccccc2[C@H]1C(Cl)Cl. The van der Waals surface area contributed by atoms with Crippen molar-refractivity contribution in [1.29, 1.82) is 0 Å². The van der Waals surface area contributed by atoms with E-state index >= 15 is 0 Å². The van der Waals surface area contributed by atoms with Gasteiger partial charge in [0.1, 0.15) is 4.84 Å². The summed E-state index contributed by atoms with van der Waals surface area (Å²) in [5, 5.41) is 3.73. The highest BCUT2D eigenvalue weighted by Gasteiger charge is 2.40. The zero-order valence-corrected chi connectivity index (χ0v) is 15.3. The minimum absolute atomic E-state index is 0.0106. The summed E-state index contributed by atoms with van der Waals surface area (Å²) < 4.78 is 0. The maximum atomic E-state index is 12.6. The molecule has 1 amide bonds. The standard InChI is InChI=1S/C19H18Cl3NO/c20-14-7-5-12(6-8-14)9-10-23-19(24)16-11-13-3-1-2-4-15(13)17(16)18(21)22/h1-8,16-18H,9-11H2,(H,23,24)/t16-,17+/m0/s1. The Balaban J connectivity index is 1.61. The first-order valence-electron chi connectivity index (χ1n) is 7.94. The molecular weight excluding hydrogens is 365 g/mol. The van der Waals surface area contributed by atoms with Crippen molar-refractivity contribution in [2.24, 2.45) is 5.92 Å². The van der Waals surface area contributed by atoms with E-state index in [4.69, 9.17) is 34.8 Å². The molecule has 2 nitrogen and oxygen atoms in total. The van der Waals surface area contributed by atoms with Crippen LogP contribution in [0.5, 0.6) is 0 Å². The summed E-state index contributed by atoms with van der Waals surface area (Å²) in [5.41, 5.74) is 3.38. The van der Waals surface area contributed by atoms with Crippen LogP contribution in [0.2, 0.25) is 5.02 Å². The lowest BCUT2D eigenvalue weighted by molar-refractivity contribution is -0.125. The van der Waals surface area contributed by atoms with Crippen molar-refractivity contribution in [3.63, 3.8) is 0 Å². The Bertz CT molecular complexity index is 715. The maximum Gasteiger partial charge on any atom is 0.224 e. The highest BCUT2D eigenvalue weighted by Crippen LogP contribution is 2.43. The third kappa shape index (κ3) is 3.88. The van der Waals surface area contributed by atoms with Crippen molar-refractivity contribution in [2.75, 3.05) is 6.54 Å². The van der Waals surface area contributed by atoms with Gasteiger partial charge in [0.25, 0.3) is 0 Å². The molecule has 0 heterocycles. The molecular formula is C19H18Cl3NO. The number of hydrogen-bond donors (Lipinski definition) is 1. The number of carbonyl (C=O) groups is 1. The van der Waals surface area contributed by atoms with Crippen LogP contribution in [0.3, 0.4) is 0 Å². The summed E-state index contributed by atoms with van der Waals surface area (Å²) >= 11 is 18.2. The van der Waals surface area contributed by atoms with E-state index in [1.165, 1.54) is 0 Å². The molecule has 0 saturated heterocycles. The Morgan fingerprint density at radius 2 is 1.83 bits per heavy atom. The molecule has 0 radical (unpaired) electrons. The molecule has 2 aromatic rings. The minimum Gasteiger partial charge on any atom is -0.356 e. The fourth-order valence-corrected chi connectivity index (χ4v) is 4.05. The summed E-state index contributed by atoms with van der Waals surface area (Å²) in [6, 6.07) is 15.6. The van der Waals surface area contributed by atoms with Gasteiger partial charge in [-0.2, -0.15) is 0 Å². The summed E-state index contributed by atoms with van der Waals surface area (Å²) in [7, 11) is 0. The fourth-order valence-electron chi connectivity index (χ4n) is 3.31. The zero-order chi connectivity index (χ0) is 17.1. The lowest BCUT2D eigenvalue weighted by Crippen LogP contribution is -2.35. The van der Waals surface area contributed by atoms with Crippen molar-refractivity contribution >= 4 is 40.7 Å². The number of carbonyl (C=O) groups excluding carboxylic acids is 1. The summed E-state index contributed by atoms with van der Waals surface area (Å²) in [6.07, 6.45) is 1.45. The van der Waals surface area contributed by atoms with E-state index in [1.807, 2.05) is 48.5 Å². The molecule has 1 aliphatic carbocycles. The number of alkyl halides is 2. The number of nitrogens with one attached hydrogen (secondary N) is 1. The first-order chi connectivity index (χ1) is 11.6. The van der Waals surface area contributed by atoms with Crippen molar-refractivity contribution in [1.82, 2.24) is 5.32 Å². The highest BCUT2D eigenvalue weighted by molar-refractivity contribution is 6.45. The van der Waals surface area contributed by atoms with Gasteiger partial charge in [0.2, 0.25) is 5.91 Å². The lowest BCUT2D eigenvalue weighted by atomic mass is 9.93. The van der Waals surface area contributed by atoms with Gasteiger partial charge >= 0.3 is 0 Å². The average molecular weight is 383 g/mol. The van der Waals surface area contributed by atoms with Gasteiger partial charge in [-0.1, -0.05) is 48.0 Å². The van der Waals surface area contributed by atoms with Crippen LogP contribution in [-0.2, 0) is 17.6 Å². The molecule has 24 heavy (non-hydrogen) atoms. The van der Waals surface area contributed by atoms with Crippen molar-refractivity contribution in [3.8, 4) is 0 Å². The predicted octanol–water partition coefficient (Wildman–Crippen LogP) is 4.76. The van der Waals surface area contributed by atoms with Crippen LogP contribution in [0.1, 0.15) is 22.6 Å². The lowest BCUT2D eigenvalue weighted by Gasteiger charge is -2.21. The second-order valence-electron chi connectivity index (χ2n) is 6.04. The Kier molecular flexibility index (Phi) is 5.70. The molecule has 2 atom stereocenters. The third-order valence-electron chi connectivity index (χ3n) is 4.52. The first-order valence-corrected chi connectivity index (χ1v) is 9.19. The second kappa shape index (κ2) is 7.77. The van der Waals surface area contributed by atoms with Crippen LogP contribution in [0.4, 0.5) is 0 Å². The van der Waals surface area contributed by atoms with E-state index in [-0.39, 0.29) is 17.7 Å². The smallest absolute Gasteiger partial charge is 0.224 e. The molecule has 3 rings (SSSR count). The minimum atomic E-state index is -0.597. The van der Waals surface area contributed by atoms with Gasteiger partial charge in [-0.05, 0) is 41.7 Å². The van der Waals surface area contributed by atoms with Gasteiger partial charge in [-0.25, -0.2) is 0 Å². The monoisotopic (exact) mass is 381 g/mol. The van der Waals surface area contributed by atoms with Crippen LogP contribution in [-0.4, -0.2) is 17.3 Å². The number of halogens is 3. The van der Waals surface area contributed by atoms with Gasteiger partial charge < -0.3 is 5.32 Å². The molecule has 1 aliphatic rings. The van der Waals surface area contributed by atoms with Crippen molar-refractivity contribution < 1.29 is 4.79 Å². The quantitative estimate of drug-likeness (QED) is 0.742. The molecule has 0 unspecified atom stereocenters. The molecule has 0 aromatic heterocycles. The molecule has 0 bridgehead atoms. The van der Waals surface area contributed by atoms with E-state index in [1.54, 1.807) is 0 Å². The van der Waals surface area contributed by atoms with Gasteiger partial charge in [0, 0.05) is 17.5 Å². The van der Waals surface area contributed by atoms with E-state index in [0.717, 1.165) is 23.1 Å². The van der Waals surface area contributed by atoms with Crippen LogP contribution < -0.4 is 5.32 Å². The van der Waals surface area contributed by atoms with Crippen LogP contribution in [0.25, 0.3) is 0 Å². The van der Waals surface area contributed by atoms with E-state index < -0.39 is 4.84 Å². The molecule has 1 N–H and O–H groups in total. The van der Waals surface area contributed by atoms with Crippen molar-refractivity contribution in [2.45, 2.75) is 23.6 Å². The second-order valence-corrected chi connectivity index (χ2v) is 7.64. The predicted molar refractivity (Wildman–Crippen MR) is 100 cm³/mol. The highest BCUT2D eigenvalue weighted by atomic mass is 35.5. The van der Waals surface area contributed by atoms with Gasteiger partial charge in [0.05, 0.1) is 5.92 Å². The molecule has 2 aromatic carbocycles. The number of amides is 1. The number of hydrogen-bond acceptors (Lipinski definition) is 1. The van der Waals surface area contributed by atoms with Crippen LogP contribution in [0.15, 0.2) is 48.5 Å². The molecule has 126 valence electrons. The van der Waals surface area contributed by atoms with Gasteiger partial charge in [-0.15, -0.1) is 23.2 Å².